The lowest BCUT2D eigenvalue weighted by atomic mass is 9.81. The van der Waals surface area contributed by atoms with E-state index < -0.39 is 0 Å². The molecular formula is C12H20N2. The first-order valence-corrected chi connectivity index (χ1v) is 4.94. The van der Waals surface area contributed by atoms with Gasteiger partial charge in [-0.1, -0.05) is 32.9 Å². The SMILES string of the molecule is Cc1c(N)cccc1[C@@H](N)C(C)(C)C. The zero-order valence-electron chi connectivity index (χ0n) is 9.46. The summed E-state index contributed by atoms with van der Waals surface area (Å²) in [6, 6.07) is 5.96. The summed E-state index contributed by atoms with van der Waals surface area (Å²) < 4.78 is 0. The molecule has 0 amide bonds. The van der Waals surface area contributed by atoms with Crippen molar-refractivity contribution in [3.63, 3.8) is 0 Å². The highest BCUT2D eigenvalue weighted by molar-refractivity contribution is 5.51. The molecule has 0 bridgehead atoms. The summed E-state index contributed by atoms with van der Waals surface area (Å²) in [6.07, 6.45) is 0. The van der Waals surface area contributed by atoms with E-state index in [1.54, 1.807) is 0 Å². The molecule has 1 atom stereocenters. The Balaban J connectivity index is 3.14. The highest BCUT2D eigenvalue weighted by atomic mass is 14.7. The largest absolute Gasteiger partial charge is 0.399 e. The lowest BCUT2D eigenvalue weighted by molar-refractivity contribution is 0.326. The molecule has 0 heterocycles. The maximum atomic E-state index is 6.19. The number of nitrogen functional groups attached to an aromatic ring is 1. The first kappa shape index (κ1) is 11.1. The third-order valence-electron chi connectivity index (χ3n) is 2.69. The molecule has 0 saturated heterocycles. The van der Waals surface area contributed by atoms with Gasteiger partial charge in [-0.25, -0.2) is 0 Å². The van der Waals surface area contributed by atoms with Gasteiger partial charge in [0, 0.05) is 11.7 Å². The average molecular weight is 192 g/mol. The van der Waals surface area contributed by atoms with Gasteiger partial charge in [-0.2, -0.15) is 0 Å². The van der Waals surface area contributed by atoms with Gasteiger partial charge in [0.05, 0.1) is 0 Å². The summed E-state index contributed by atoms with van der Waals surface area (Å²) in [5.74, 6) is 0. The molecule has 0 saturated carbocycles. The fraction of sp³-hybridized carbons (Fsp3) is 0.500. The van der Waals surface area contributed by atoms with Crippen molar-refractivity contribution < 1.29 is 0 Å². The van der Waals surface area contributed by atoms with E-state index in [0.29, 0.717) is 0 Å². The van der Waals surface area contributed by atoms with Crippen LogP contribution in [0.3, 0.4) is 0 Å². The van der Waals surface area contributed by atoms with Crippen molar-refractivity contribution in [1.82, 2.24) is 0 Å². The summed E-state index contributed by atoms with van der Waals surface area (Å²) >= 11 is 0. The van der Waals surface area contributed by atoms with Crippen LogP contribution in [0.2, 0.25) is 0 Å². The van der Waals surface area contributed by atoms with E-state index in [1.165, 1.54) is 0 Å². The zero-order valence-corrected chi connectivity index (χ0v) is 9.46. The van der Waals surface area contributed by atoms with Crippen molar-refractivity contribution in [1.29, 1.82) is 0 Å². The molecule has 4 N–H and O–H groups in total. The molecule has 1 rings (SSSR count). The molecular weight excluding hydrogens is 172 g/mol. The molecule has 2 heteroatoms. The first-order chi connectivity index (χ1) is 6.34. The minimum absolute atomic E-state index is 0.0333. The number of hydrogen-bond acceptors (Lipinski definition) is 2. The predicted molar refractivity (Wildman–Crippen MR) is 62.0 cm³/mol. The van der Waals surface area contributed by atoms with Crippen LogP contribution in [0, 0.1) is 12.3 Å². The zero-order chi connectivity index (χ0) is 10.9. The lowest BCUT2D eigenvalue weighted by Gasteiger charge is -2.29. The second-order valence-electron chi connectivity index (χ2n) is 4.91. The molecule has 2 nitrogen and oxygen atoms in total. The van der Waals surface area contributed by atoms with Gasteiger partial charge >= 0.3 is 0 Å². The van der Waals surface area contributed by atoms with Crippen LogP contribution in [0.5, 0.6) is 0 Å². The Labute approximate surface area is 86.3 Å². The van der Waals surface area contributed by atoms with Crippen LogP contribution in [-0.4, -0.2) is 0 Å². The van der Waals surface area contributed by atoms with Crippen LogP contribution < -0.4 is 11.5 Å². The molecule has 0 aliphatic heterocycles. The van der Waals surface area contributed by atoms with Crippen LogP contribution in [-0.2, 0) is 0 Å². The monoisotopic (exact) mass is 192 g/mol. The molecule has 14 heavy (non-hydrogen) atoms. The Hall–Kier alpha value is -1.02. The van der Waals surface area contributed by atoms with E-state index in [0.717, 1.165) is 16.8 Å². The van der Waals surface area contributed by atoms with E-state index >= 15 is 0 Å². The Morgan fingerprint density at radius 1 is 1.21 bits per heavy atom. The van der Waals surface area contributed by atoms with Crippen molar-refractivity contribution in [3.05, 3.63) is 29.3 Å². The van der Waals surface area contributed by atoms with Gasteiger partial charge < -0.3 is 11.5 Å². The molecule has 0 radical (unpaired) electrons. The third kappa shape index (κ3) is 2.07. The highest BCUT2D eigenvalue weighted by Gasteiger charge is 2.23. The summed E-state index contributed by atoms with van der Waals surface area (Å²) in [6.45, 7) is 8.44. The summed E-state index contributed by atoms with van der Waals surface area (Å²) in [5, 5.41) is 0. The molecule has 0 aromatic heterocycles. The van der Waals surface area contributed by atoms with Crippen molar-refractivity contribution in [2.75, 3.05) is 5.73 Å². The van der Waals surface area contributed by atoms with E-state index in [9.17, 15) is 0 Å². The summed E-state index contributed by atoms with van der Waals surface area (Å²) in [7, 11) is 0. The summed E-state index contributed by atoms with van der Waals surface area (Å²) in [4.78, 5) is 0. The van der Waals surface area contributed by atoms with Gasteiger partial charge in [0.25, 0.3) is 0 Å². The van der Waals surface area contributed by atoms with Crippen LogP contribution in [0.1, 0.15) is 37.9 Å². The maximum absolute atomic E-state index is 6.19. The standard InChI is InChI=1S/C12H20N2/c1-8-9(6-5-7-10(8)13)11(14)12(2,3)4/h5-7,11H,13-14H2,1-4H3/t11-/m1/s1. The Bertz CT molecular complexity index is 324. The topological polar surface area (TPSA) is 52.0 Å². The number of nitrogens with two attached hydrogens (primary N) is 2. The molecule has 0 fully saturated rings. The van der Waals surface area contributed by atoms with E-state index in [1.807, 2.05) is 19.1 Å². The number of anilines is 1. The molecule has 0 aliphatic rings. The quantitative estimate of drug-likeness (QED) is 0.672. The van der Waals surface area contributed by atoms with Gasteiger partial charge in [-0.05, 0) is 29.5 Å². The number of hydrogen-bond donors (Lipinski definition) is 2. The van der Waals surface area contributed by atoms with Gasteiger partial charge in [0.2, 0.25) is 0 Å². The van der Waals surface area contributed by atoms with E-state index in [4.69, 9.17) is 11.5 Å². The van der Waals surface area contributed by atoms with Crippen molar-refractivity contribution in [2.24, 2.45) is 11.1 Å². The maximum Gasteiger partial charge on any atom is 0.0347 e. The molecule has 0 unspecified atom stereocenters. The van der Waals surface area contributed by atoms with Gasteiger partial charge in [-0.15, -0.1) is 0 Å². The number of benzene rings is 1. The minimum Gasteiger partial charge on any atom is -0.399 e. The minimum atomic E-state index is 0.0333. The first-order valence-electron chi connectivity index (χ1n) is 4.94. The second kappa shape index (κ2) is 3.62. The molecule has 1 aromatic carbocycles. The Morgan fingerprint density at radius 3 is 2.29 bits per heavy atom. The fourth-order valence-electron chi connectivity index (χ4n) is 1.48. The van der Waals surface area contributed by atoms with Gasteiger partial charge in [0.1, 0.15) is 0 Å². The van der Waals surface area contributed by atoms with E-state index in [2.05, 4.69) is 26.8 Å². The second-order valence-corrected chi connectivity index (χ2v) is 4.91. The number of rotatable bonds is 1. The predicted octanol–water partition coefficient (Wildman–Crippen LogP) is 2.62. The molecule has 1 aromatic rings. The van der Waals surface area contributed by atoms with Crippen LogP contribution in [0.25, 0.3) is 0 Å². The molecule has 78 valence electrons. The smallest absolute Gasteiger partial charge is 0.0347 e. The van der Waals surface area contributed by atoms with Crippen LogP contribution >= 0.6 is 0 Å². The fourth-order valence-corrected chi connectivity index (χ4v) is 1.48. The van der Waals surface area contributed by atoms with E-state index in [-0.39, 0.29) is 11.5 Å². The molecule has 0 aliphatic carbocycles. The van der Waals surface area contributed by atoms with Crippen LogP contribution in [0.4, 0.5) is 5.69 Å². The Kier molecular flexibility index (Phi) is 2.86. The van der Waals surface area contributed by atoms with Gasteiger partial charge in [0.15, 0.2) is 0 Å². The molecule has 0 spiro atoms. The van der Waals surface area contributed by atoms with Crippen molar-refractivity contribution in [2.45, 2.75) is 33.7 Å². The Morgan fingerprint density at radius 2 is 1.79 bits per heavy atom. The lowest BCUT2D eigenvalue weighted by Crippen LogP contribution is -2.27. The summed E-state index contributed by atoms with van der Waals surface area (Å²) in [5.41, 5.74) is 15.2. The van der Waals surface area contributed by atoms with Crippen molar-refractivity contribution >= 4 is 5.69 Å². The average Bonchev–Trinajstić information content (AvgIpc) is 2.07. The van der Waals surface area contributed by atoms with Gasteiger partial charge in [-0.3, -0.25) is 0 Å². The highest BCUT2D eigenvalue weighted by Crippen LogP contribution is 2.33. The normalized spacial score (nSPS) is 14.1. The van der Waals surface area contributed by atoms with Crippen molar-refractivity contribution in [3.8, 4) is 0 Å². The van der Waals surface area contributed by atoms with Crippen LogP contribution in [0.15, 0.2) is 18.2 Å². The third-order valence-corrected chi connectivity index (χ3v) is 2.69.